The van der Waals surface area contributed by atoms with Crippen molar-refractivity contribution in [3.8, 4) is 0 Å². The van der Waals surface area contributed by atoms with Crippen LogP contribution in [0, 0.1) is 5.82 Å². The molecule has 0 saturated carbocycles. The maximum Gasteiger partial charge on any atom is 0.129 e. The summed E-state index contributed by atoms with van der Waals surface area (Å²) in [5.41, 5.74) is 7.26. The summed E-state index contributed by atoms with van der Waals surface area (Å²) in [6, 6.07) is 9.67. The third-order valence-corrected chi connectivity index (χ3v) is 3.18. The van der Waals surface area contributed by atoms with E-state index in [2.05, 4.69) is 5.32 Å². The summed E-state index contributed by atoms with van der Waals surface area (Å²) in [6.07, 6.45) is 0. The minimum atomic E-state index is -0.346. The van der Waals surface area contributed by atoms with Crippen LogP contribution in [0.5, 0.6) is 0 Å². The SMILES string of the molecule is Nc1ccc(NCc2c(F)cccc2Cl)c(Cl)c1. The molecule has 0 fully saturated rings. The summed E-state index contributed by atoms with van der Waals surface area (Å²) < 4.78 is 13.5. The Morgan fingerprint density at radius 2 is 1.89 bits per heavy atom. The fourth-order valence-electron chi connectivity index (χ4n) is 1.56. The van der Waals surface area contributed by atoms with Gasteiger partial charge in [-0.3, -0.25) is 0 Å². The van der Waals surface area contributed by atoms with E-state index >= 15 is 0 Å². The van der Waals surface area contributed by atoms with Gasteiger partial charge in [-0.05, 0) is 30.3 Å². The van der Waals surface area contributed by atoms with Gasteiger partial charge in [0, 0.05) is 22.8 Å². The van der Waals surface area contributed by atoms with Crippen LogP contribution in [0.1, 0.15) is 5.56 Å². The number of hydrogen-bond acceptors (Lipinski definition) is 2. The molecular formula is C13H11Cl2FN2. The maximum atomic E-state index is 13.5. The highest BCUT2D eigenvalue weighted by molar-refractivity contribution is 6.33. The van der Waals surface area contributed by atoms with E-state index in [9.17, 15) is 4.39 Å². The van der Waals surface area contributed by atoms with E-state index in [-0.39, 0.29) is 12.4 Å². The average molecular weight is 285 g/mol. The standard InChI is InChI=1S/C13H11Cl2FN2/c14-10-2-1-3-12(16)9(10)7-18-13-5-4-8(17)6-11(13)15/h1-6,18H,7,17H2. The van der Waals surface area contributed by atoms with Gasteiger partial charge in [0.15, 0.2) is 0 Å². The lowest BCUT2D eigenvalue weighted by Crippen LogP contribution is -2.03. The normalized spacial score (nSPS) is 10.4. The van der Waals surface area contributed by atoms with Gasteiger partial charge >= 0.3 is 0 Å². The first-order chi connectivity index (χ1) is 8.58. The summed E-state index contributed by atoms with van der Waals surface area (Å²) in [7, 11) is 0. The second-order valence-electron chi connectivity index (χ2n) is 3.79. The van der Waals surface area contributed by atoms with Crippen LogP contribution in [0.2, 0.25) is 10.0 Å². The minimum Gasteiger partial charge on any atom is -0.399 e. The van der Waals surface area contributed by atoms with Gasteiger partial charge in [-0.2, -0.15) is 0 Å². The fraction of sp³-hybridized carbons (Fsp3) is 0.0769. The van der Waals surface area contributed by atoms with Gasteiger partial charge in [0.05, 0.1) is 10.7 Å². The molecule has 2 rings (SSSR count). The molecule has 94 valence electrons. The highest BCUT2D eigenvalue weighted by atomic mass is 35.5. The zero-order chi connectivity index (χ0) is 13.1. The molecule has 0 saturated heterocycles. The lowest BCUT2D eigenvalue weighted by molar-refractivity contribution is 0.613. The predicted octanol–water partition coefficient (Wildman–Crippen LogP) is 4.33. The van der Waals surface area contributed by atoms with E-state index < -0.39 is 0 Å². The molecule has 5 heteroatoms. The first kappa shape index (κ1) is 13.0. The number of anilines is 2. The molecular weight excluding hydrogens is 274 g/mol. The molecule has 0 atom stereocenters. The molecule has 2 nitrogen and oxygen atoms in total. The zero-order valence-corrected chi connectivity index (χ0v) is 10.9. The van der Waals surface area contributed by atoms with Crippen LogP contribution in [-0.2, 0) is 6.54 Å². The Bertz CT molecular complexity index is 553. The van der Waals surface area contributed by atoms with E-state index in [1.807, 2.05) is 0 Å². The molecule has 2 aromatic carbocycles. The molecule has 0 bridgehead atoms. The molecule has 3 N–H and O–H groups in total. The number of nitrogens with one attached hydrogen (secondary N) is 1. The van der Waals surface area contributed by atoms with Gasteiger partial charge in [0.25, 0.3) is 0 Å². The van der Waals surface area contributed by atoms with Crippen molar-refractivity contribution >= 4 is 34.6 Å². The van der Waals surface area contributed by atoms with E-state index in [0.717, 1.165) is 0 Å². The first-order valence-electron chi connectivity index (χ1n) is 5.29. The molecule has 0 aliphatic heterocycles. The lowest BCUT2D eigenvalue weighted by Gasteiger charge is -2.10. The van der Waals surface area contributed by atoms with Gasteiger partial charge in [-0.15, -0.1) is 0 Å². The largest absolute Gasteiger partial charge is 0.399 e. The third kappa shape index (κ3) is 2.86. The van der Waals surface area contributed by atoms with Crippen LogP contribution in [0.4, 0.5) is 15.8 Å². The Kier molecular flexibility index (Phi) is 3.94. The van der Waals surface area contributed by atoms with Crippen LogP contribution < -0.4 is 11.1 Å². The molecule has 2 aromatic rings. The predicted molar refractivity (Wildman–Crippen MR) is 74.6 cm³/mol. The molecule has 0 aliphatic carbocycles. The van der Waals surface area contributed by atoms with Crippen molar-refractivity contribution < 1.29 is 4.39 Å². The Balaban J connectivity index is 2.16. The number of rotatable bonds is 3. The fourth-order valence-corrected chi connectivity index (χ4v) is 2.05. The quantitative estimate of drug-likeness (QED) is 0.824. The summed E-state index contributed by atoms with van der Waals surface area (Å²) in [5, 5.41) is 3.90. The second kappa shape index (κ2) is 5.46. The number of hydrogen-bond donors (Lipinski definition) is 2. The summed E-state index contributed by atoms with van der Waals surface area (Å²) >= 11 is 11.9. The monoisotopic (exact) mass is 284 g/mol. The van der Waals surface area contributed by atoms with Crippen molar-refractivity contribution in [2.45, 2.75) is 6.54 Å². The van der Waals surface area contributed by atoms with Crippen molar-refractivity contribution in [2.75, 3.05) is 11.1 Å². The number of benzene rings is 2. The zero-order valence-electron chi connectivity index (χ0n) is 9.38. The van der Waals surface area contributed by atoms with Crippen LogP contribution >= 0.6 is 23.2 Å². The molecule has 0 amide bonds. The number of nitrogen functional groups attached to an aromatic ring is 1. The van der Waals surface area contributed by atoms with Crippen LogP contribution in [-0.4, -0.2) is 0 Å². The van der Waals surface area contributed by atoms with Gasteiger partial charge in [0.2, 0.25) is 0 Å². The molecule has 0 spiro atoms. The Morgan fingerprint density at radius 3 is 2.56 bits per heavy atom. The van der Waals surface area contributed by atoms with E-state index in [0.29, 0.717) is 27.0 Å². The second-order valence-corrected chi connectivity index (χ2v) is 4.61. The lowest BCUT2D eigenvalue weighted by atomic mass is 10.2. The molecule has 0 radical (unpaired) electrons. The highest BCUT2D eigenvalue weighted by Crippen LogP contribution is 2.26. The highest BCUT2D eigenvalue weighted by Gasteiger charge is 2.07. The Hall–Kier alpha value is -1.45. The molecule has 0 aromatic heterocycles. The first-order valence-corrected chi connectivity index (χ1v) is 6.05. The van der Waals surface area contributed by atoms with Crippen molar-refractivity contribution in [2.24, 2.45) is 0 Å². The smallest absolute Gasteiger partial charge is 0.129 e. The topological polar surface area (TPSA) is 38.0 Å². The van der Waals surface area contributed by atoms with Crippen molar-refractivity contribution in [1.29, 1.82) is 0 Å². The molecule has 18 heavy (non-hydrogen) atoms. The van der Waals surface area contributed by atoms with Crippen LogP contribution in [0.3, 0.4) is 0 Å². The molecule has 0 heterocycles. The molecule has 0 unspecified atom stereocenters. The van der Waals surface area contributed by atoms with Crippen molar-refractivity contribution in [3.05, 3.63) is 57.8 Å². The van der Waals surface area contributed by atoms with Gasteiger partial charge in [0.1, 0.15) is 5.82 Å². The van der Waals surface area contributed by atoms with Crippen molar-refractivity contribution in [3.63, 3.8) is 0 Å². The minimum absolute atomic E-state index is 0.259. The van der Waals surface area contributed by atoms with Crippen LogP contribution in [0.25, 0.3) is 0 Å². The Labute approximate surface area is 115 Å². The van der Waals surface area contributed by atoms with Gasteiger partial charge in [-0.1, -0.05) is 29.3 Å². The molecule has 0 aliphatic rings. The third-order valence-electron chi connectivity index (χ3n) is 2.51. The van der Waals surface area contributed by atoms with E-state index in [1.54, 1.807) is 30.3 Å². The number of nitrogens with two attached hydrogens (primary N) is 1. The van der Waals surface area contributed by atoms with E-state index in [4.69, 9.17) is 28.9 Å². The van der Waals surface area contributed by atoms with Crippen LogP contribution in [0.15, 0.2) is 36.4 Å². The maximum absolute atomic E-state index is 13.5. The van der Waals surface area contributed by atoms with Gasteiger partial charge in [-0.25, -0.2) is 4.39 Å². The summed E-state index contributed by atoms with van der Waals surface area (Å²) in [5.74, 6) is -0.346. The number of halogens is 3. The van der Waals surface area contributed by atoms with Crippen molar-refractivity contribution in [1.82, 2.24) is 0 Å². The average Bonchev–Trinajstić information content (AvgIpc) is 2.31. The summed E-state index contributed by atoms with van der Waals surface area (Å²) in [4.78, 5) is 0. The summed E-state index contributed by atoms with van der Waals surface area (Å²) in [6.45, 7) is 0.259. The van der Waals surface area contributed by atoms with Gasteiger partial charge < -0.3 is 11.1 Å². The van der Waals surface area contributed by atoms with E-state index in [1.165, 1.54) is 6.07 Å². The Morgan fingerprint density at radius 1 is 1.11 bits per heavy atom.